The number of nitrogens with zero attached hydrogens (tertiary/aromatic N) is 3. The number of aromatic hydroxyl groups is 1. The van der Waals surface area contributed by atoms with Crippen molar-refractivity contribution in [2.45, 2.75) is 46.3 Å². The van der Waals surface area contributed by atoms with E-state index < -0.39 is 23.5 Å². The molecule has 2 aromatic rings. The highest BCUT2D eigenvalue weighted by Gasteiger charge is 2.24. The lowest BCUT2D eigenvalue weighted by Crippen LogP contribution is -2.27. The molecule has 0 fully saturated rings. The maximum absolute atomic E-state index is 14.2. The van der Waals surface area contributed by atoms with Crippen molar-refractivity contribution in [3.8, 4) is 5.75 Å². The van der Waals surface area contributed by atoms with Crippen molar-refractivity contribution in [3.05, 3.63) is 57.8 Å². The molecule has 0 aromatic carbocycles. The number of hydrogen-bond acceptors (Lipinski definition) is 7. The Morgan fingerprint density at radius 3 is 2.62 bits per heavy atom. The highest BCUT2D eigenvalue weighted by molar-refractivity contribution is 7.13. The third kappa shape index (κ3) is 6.55. The maximum atomic E-state index is 14.2. The van der Waals surface area contributed by atoms with Crippen LogP contribution >= 0.6 is 11.3 Å². The normalized spacial score (nSPS) is 13.1. The molecule has 0 radical (unpaired) electrons. The number of hydrogen-bond donors (Lipinski definition) is 3. The molecule has 10 heteroatoms. The predicted molar refractivity (Wildman–Crippen MR) is 124 cm³/mol. The van der Waals surface area contributed by atoms with Gasteiger partial charge in [-0.3, -0.25) is 14.6 Å². The first-order chi connectivity index (χ1) is 14.9. The summed E-state index contributed by atoms with van der Waals surface area (Å²) in [5.74, 6) is -1.09. The molecule has 0 aliphatic rings. The summed E-state index contributed by atoms with van der Waals surface area (Å²) in [5, 5.41) is 15.7. The number of aliphatic imine (C=N–C) groups is 1. The van der Waals surface area contributed by atoms with Crippen LogP contribution in [0.2, 0.25) is 0 Å². The second-order valence-corrected chi connectivity index (χ2v) is 8.60. The molecule has 0 bridgehead atoms. The summed E-state index contributed by atoms with van der Waals surface area (Å²) in [6, 6.07) is 0.808. The SMILES string of the molecule is C=C(C)/C=C(\N=C/C)C(=O)NC(C)c1ncc(C(=O)Nc2cc(C(C)(C)F)c(O)cn2)s1. The number of rotatable bonds is 8. The van der Waals surface area contributed by atoms with Gasteiger partial charge in [0, 0.05) is 11.8 Å². The van der Waals surface area contributed by atoms with Crippen LogP contribution in [0.5, 0.6) is 5.75 Å². The zero-order valence-corrected chi connectivity index (χ0v) is 19.4. The standard InChI is InChI=1S/C22H26FN5O3S/c1-7-24-15(8-12(2)3)19(30)27-13(4)21-26-11-17(32-21)20(31)28-18-9-14(22(5,6)23)16(29)10-25-18/h7-11,13,29H,2H2,1,3-6H3,(H,27,30)(H,25,28,31)/b15-8-,24-7-. The van der Waals surface area contributed by atoms with Gasteiger partial charge in [-0.25, -0.2) is 14.4 Å². The van der Waals surface area contributed by atoms with E-state index in [2.05, 4.69) is 32.2 Å². The Balaban J connectivity index is 2.12. The van der Waals surface area contributed by atoms with Crippen molar-refractivity contribution < 1.29 is 19.1 Å². The molecule has 2 heterocycles. The largest absolute Gasteiger partial charge is 0.506 e. The van der Waals surface area contributed by atoms with E-state index in [1.165, 1.54) is 32.3 Å². The topological polar surface area (TPSA) is 117 Å². The highest BCUT2D eigenvalue weighted by Crippen LogP contribution is 2.33. The first-order valence-electron chi connectivity index (χ1n) is 9.74. The van der Waals surface area contributed by atoms with Gasteiger partial charge in [-0.05, 0) is 46.8 Å². The van der Waals surface area contributed by atoms with Crippen LogP contribution in [0.25, 0.3) is 0 Å². The fourth-order valence-corrected chi connectivity index (χ4v) is 3.45. The van der Waals surface area contributed by atoms with Gasteiger partial charge < -0.3 is 15.7 Å². The van der Waals surface area contributed by atoms with Gasteiger partial charge in [0.2, 0.25) is 0 Å². The molecule has 0 aliphatic carbocycles. The molecule has 170 valence electrons. The van der Waals surface area contributed by atoms with Crippen molar-refractivity contribution in [1.82, 2.24) is 15.3 Å². The molecule has 8 nitrogen and oxygen atoms in total. The smallest absolute Gasteiger partial charge is 0.270 e. The van der Waals surface area contributed by atoms with Gasteiger partial charge in [-0.1, -0.05) is 12.2 Å². The summed E-state index contributed by atoms with van der Waals surface area (Å²) in [6.07, 6.45) is 5.54. The Morgan fingerprint density at radius 1 is 1.34 bits per heavy atom. The molecule has 2 rings (SSSR count). The minimum Gasteiger partial charge on any atom is -0.506 e. The van der Waals surface area contributed by atoms with E-state index in [1.807, 2.05) is 0 Å². The predicted octanol–water partition coefficient (Wildman–Crippen LogP) is 4.43. The average molecular weight is 460 g/mol. The van der Waals surface area contributed by atoms with Crippen LogP contribution in [0.15, 0.2) is 47.4 Å². The quantitative estimate of drug-likeness (QED) is 0.307. The molecule has 1 unspecified atom stereocenters. The van der Waals surface area contributed by atoms with Crippen LogP contribution in [0.1, 0.15) is 60.9 Å². The number of amides is 2. The Kier molecular flexibility index (Phi) is 7.98. The highest BCUT2D eigenvalue weighted by atomic mass is 32.1. The van der Waals surface area contributed by atoms with Gasteiger partial charge >= 0.3 is 0 Å². The minimum absolute atomic E-state index is 0.0116. The van der Waals surface area contributed by atoms with Gasteiger partial charge in [-0.2, -0.15) is 0 Å². The summed E-state index contributed by atoms with van der Waals surface area (Å²) in [5.41, 5.74) is -0.899. The monoisotopic (exact) mass is 459 g/mol. The zero-order chi connectivity index (χ0) is 24.1. The van der Waals surface area contributed by atoms with E-state index in [9.17, 15) is 19.1 Å². The number of halogens is 1. The van der Waals surface area contributed by atoms with Crippen molar-refractivity contribution >= 4 is 35.2 Å². The van der Waals surface area contributed by atoms with Gasteiger partial charge in [0.25, 0.3) is 11.8 Å². The molecular formula is C22H26FN5O3S. The summed E-state index contributed by atoms with van der Waals surface area (Å²) in [4.78, 5) is 37.5. The fraction of sp³-hybridized carbons (Fsp3) is 0.318. The lowest BCUT2D eigenvalue weighted by atomic mass is 10.0. The zero-order valence-electron chi connectivity index (χ0n) is 18.6. The Labute approximate surface area is 190 Å². The summed E-state index contributed by atoms with van der Waals surface area (Å²) < 4.78 is 14.2. The van der Waals surface area contributed by atoms with Crippen molar-refractivity contribution in [1.29, 1.82) is 0 Å². The van der Waals surface area contributed by atoms with Gasteiger partial charge in [0.1, 0.15) is 32.8 Å². The summed E-state index contributed by atoms with van der Waals surface area (Å²) >= 11 is 1.10. The molecule has 3 N–H and O–H groups in total. The molecule has 2 aromatic heterocycles. The lowest BCUT2D eigenvalue weighted by Gasteiger charge is -2.16. The third-order valence-electron chi connectivity index (χ3n) is 4.11. The van der Waals surface area contributed by atoms with Crippen molar-refractivity contribution in [2.24, 2.45) is 4.99 Å². The number of pyridine rings is 1. The van der Waals surface area contributed by atoms with E-state index in [0.29, 0.717) is 10.6 Å². The van der Waals surface area contributed by atoms with Crippen LogP contribution < -0.4 is 10.6 Å². The molecule has 1 atom stereocenters. The Hall–Kier alpha value is -3.40. The number of anilines is 1. The van der Waals surface area contributed by atoms with E-state index in [1.54, 1.807) is 26.8 Å². The Bertz CT molecular complexity index is 1090. The molecule has 0 saturated heterocycles. The fourth-order valence-electron chi connectivity index (χ4n) is 2.63. The number of thiazole rings is 1. The first-order valence-corrected chi connectivity index (χ1v) is 10.6. The molecule has 2 amide bonds. The van der Waals surface area contributed by atoms with Gasteiger partial charge in [-0.15, -0.1) is 11.3 Å². The minimum atomic E-state index is -1.81. The molecule has 0 aliphatic heterocycles. The van der Waals surface area contributed by atoms with Crippen LogP contribution in [0, 0.1) is 0 Å². The lowest BCUT2D eigenvalue weighted by molar-refractivity contribution is -0.118. The van der Waals surface area contributed by atoms with Crippen molar-refractivity contribution in [3.63, 3.8) is 0 Å². The van der Waals surface area contributed by atoms with Crippen LogP contribution in [-0.2, 0) is 10.5 Å². The van der Waals surface area contributed by atoms with Crippen LogP contribution in [0.4, 0.5) is 10.2 Å². The number of allylic oxidation sites excluding steroid dienone is 2. The summed E-state index contributed by atoms with van der Waals surface area (Å²) in [7, 11) is 0. The second-order valence-electron chi connectivity index (χ2n) is 7.53. The van der Waals surface area contributed by atoms with Crippen LogP contribution in [-0.4, -0.2) is 33.1 Å². The number of alkyl halides is 1. The first kappa shape index (κ1) is 24.9. The summed E-state index contributed by atoms with van der Waals surface area (Å²) in [6.45, 7) is 11.5. The number of carbonyl (C=O) groups excluding carboxylic acids is 2. The number of carbonyl (C=O) groups is 2. The number of aromatic nitrogens is 2. The van der Waals surface area contributed by atoms with E-state index >= 15 is 0 Å². The Morgan fingerprint density at radius 2 is 2.03 bits per heavy atom. The van der Waals surface area contributed by atoms with E-state index in [4.69, 9.17) is 0 Å². The third-order valence-corrected chi connectivity index (χ3v) is 5.29. The molecule has 0 spiro atoms. The van der Waals surface area contributed by atoms with E-state index in [0.717, 1.165) is 17.5 Å². The molecule has 0 saturated carbocycles. The van der Waals surface area contributed by atoms with Crippen molar-refractivity contribution in [2.75, 3.05) is 5.32 Å². The maximum Gasteiger partial charge on any atom is 0.270 e. The van der Waals surface area contributed by atoms with Gasteiger partial charge in [0.05, 0.1) is 18.4 Å². The second kappa shape index (κ2) is 10.3. The number of nitrogens with one attached hydrogen (secondary N) is 2. The average Bonchev–Trinajstić information content (AvgIpc) is 3.18. The van der Waals surface area contributed by atoms with Crippen LogP contribution in [0.3, 0.4) is 0 Å². The molecule has 32 heavy (non-hydrogen) atoms. The van der Waals surface area contributed by atoms with E-state index in [-0.39, 0.29) is 27.7 Å². The van der Waals surface area contributed by atoms with Gasteiger partial charge in [0.15, 0.2) is 0 Å². The molecular weight excluding hydrogens is 433 g/mol.